The van der Waals surface area contributed by atoms with E-state index in [1.165, 1.54) is 16.3 Å². The van der Waals surface area contributed by atoms with Crippen molar-refractivity contribution in [3.05, 3.63) is 87.1 Å². The zero-order valence-corrected chi connectivity index (χ0v) is 19.2. The van der Waals surface area contributed by atoms with Gasteiger partial charge in [-0.2, -0.15) is 5.10 Å². The Morgan fingerprint density at radius 2 is 1.88 bits per heavy atom. The summed E-state index contributed by atoms with van der Waals surface area (Å²) in [6, 6.07) is 15.2. The number of carbonyl (C=O) groups is 1. The monoisotopic (exact) mass is 448 g/mol. The van der Waals surface area contributed by atoms with E-state index in [2.05, 4.69) is 16.1 Å². The minimum Gasteiger partial charge on any atom is -0.497 e. The van der Waals surface area contributed by atoms with Crippen LogP contribution in [0, 0.1) is 13.8 Å². The lowest BCUT2D eigenvalue weighted by Crippen LogP contribution is -2.45. The average Bonchev–Trinajstić information content (AvgIpc) is 2.81. The minimum absolute atomic E-state index is 0.0861. The molecule has 1 atom stereocenters. The summed E-state index contributed by atoms with van der Waals surface area (Å²) in [6.45, 7) is 4.94. The second-order valence-electron chi connectivity index (χ2n) is 8.24. The molecule has 1 aromatic carbocycles. The lowest BCUT2D eigenvalue weighted by Gasteiger charge is -2.33. The van der Waals surface area contributed by atoms with E-state index in [0.717, 1.165) is 29.1 Å². The highest BCUT2D eigenvalue weighted by atomic mass is 16.5. The van der Waals surface area contributed by atoms with Gasteiger partial charge in [-0.05, 0) is 61.7 Å². The molecule has 1 fully saturated rings. The van der Waals surface area contributed by atoms with E-state index < -0.39 is 0 Å². The molecule has 4 rings (SSSR count). The number of morpholine rings is 1. The summed E-state index contributed by atoms with van der Waals surface area (Å²) in [4.78, 5) is 31.3. The summed E-state index contributed by atoms with van der Waals surface area (Å²) >= 11 is 0. The van der Waals surface area contributed by atoms with Crippen LogP contribution in [0.15, 0.2) is 53.3 Å². The van der Waals surface area contributed by atoms with Gasteiger partial charge in [-0.1, -0.05) is 12.1 Å². The molecule has 2 aromatic heterocycles. The Bertz CT molecular complexity index is 1190. The van der Waals surface area contributed by atoms with Crippen molar-refractivity contribution >= 4 is 5.91 Å². The van der Waals surface area contributed by atoms with E-state index in [0.29, 0.717) is 25.4 Å². The molecule has 33 heavy (non-hydrogen) atoms. The van der Waals surface area contributed by atoms with Crippen molar-refractivity contribution in [1.82, 2.24) is 19.7 Å². The number of hydrogen-bond acceptors (Lipinski definition) is 6. The van der Waals surface area contributed by atoms with E-state index in [9.17, 15) is 9.59 Å². The fraction of sp³-hybridized carbons (Fsp3) is 0.360. The standard InChI is InChI=1S/C25H28N4O4/c1-17-4-9-24(30)29(27-17)16-25(31)28-10-11-33-23(15-28)22-14-20(12-18(2)26-22)13-19-5-7-21(32-3)8-6-19/h4-9,12,14,23H,10-11,13,15-16H2,1-3H3. The number of ether oxygens (including phenoxy) is 2. The first-order chi connectivity index (χ1) is 15.9. The first-order valence-electron chi connectivity index (χ1n) is 11.0. The average molecular weight is 449 g/mol. The van der Waals surface area contributed by atoms with Crippen LogP contribution in [0.4, 0.5) is 0 Å². The highest BCUT2D eigenvalue weighted by Gasteiger charge is 2.27. The second-order valence-corrected chi connectivity index (χ2v) is 8.24. The van der Waals surface area contributed by atoms with Gasteiger partial charge in [-0.25, -0.2) is 4.68 Å². The lowest BCUT2D eigenvalue weighted by atomic mass is 10.0. The van der Waals surface area contributed by atoms with Crippen LogP contribution in [0.3, 0.4) is 0 Å². The van der Waals surface area contributed by atoms with Gasteiger partial charge in [-0.15, -0.1) is 0 Å². The van der Waals surface area contributed by atoms with Crippen molar-refractivity contribution in [1.29, 1.82) is 0 Å². The van der Waals surface area contributed by atoms with E-state index >= 15 is 0 Å². The molecule has 1 aliphatic rings. The quantitative estimate of drug-likeness (QED) is 0.576. The maximum atomic E-state index is 12.9. The van der Waals surface area contributed by atoms with E-state index in [4.69, 9.17) is 9.47 Å². The number of amides is 1. The normalized spacial score (nSPS) is 16.0. The van der Waals surface area contributed by atoms with Crippen LogP contribution in [0.2, 0.25) is 0 Å². The van der Waals surface area contributed by atoms with Crippen LogP contribution in [-0.4, -0.2) is 52.4 Å². The third kappa shape index (κ3) is 5.64. The van der Waals surface area contributed by atoms with Gasteiger partial charge in [0.15, 0.2) is 0 Å². The van der Waals surface area contributed by atoms with Crippen LogP contribution in [0.1, 0.15) is 34.3 Å². The van der Waals surface area contributed by atoms with Gasteiger partial charge >= 0.3 is 0 Å². The van der Waals surface area contributed by atoms with Crippen molar-refractivity contribution in [2.75, 3.05) is 26.8 Å². The molecular formula is C25H28N4O4. The molecule has 3 aromatic rings. The van der Waals surface area contributed by atoms with Gasteiger partial charge in [0, 0.05) is 18.3 Å². The molecule has 0 radical (unpaired) electrons. The van der Waals surface area contributed by atoms with Crippen LogP contribution in [0.25, 0.3) is 0 Å². The summed E-state index contributed by atoms with van der Waals surface area (Å²) in [5.41, 5.74) is 4.41. The Hall–Kier alpha value is -3.52. The number of rotatable bonds is 6. The number of hydrogen-bond donors (Lipinski definition) is 0. The van der Waals surface area contributed by atoms with Crippen molar-refractivity contribution in [2.45, 2.75) is 32.9 Å². The molecule has 1 saturated heterocycles. The number of pyridine rings is 1. The maximum Gasteiger partial charge on any atom is 0.267 e. The van der Waals surface area contributed by atoms with Gasteiger partial charge in [0.1, 0.15) is 18.4 Å². The fourth-order valence-corrected chi connectivity index (χ4v) is 3.96. The van der Waals surface area contributed by atoms with Crippen LogP contribution in [0.5, 0.6) is 5.75 Å². The first-order valence-corrected chi connectivity index (χ1v) is 11.0. The summed E-state index contributed by atoms with van der Waals surface area (Å²) in [5, 5.41) is 4.16. The lowest BCUT2D eigenvalue weighted by molar-refractivity contribution is -0.140. The molecule has 8 heteroatoms. The molecule has 8 nitrogen and oxygen atoms in total. The number of nitrogens with zero attached hydrogens (tertiary/aromatic N) is 4. The predicted octanol–water partition coefficient (Wildman–Crippen LogP) is 2.45. The molecule has 0 N–H and O–H groups in total. The Balaban J connectivity index is 1.47. The van der Waals surface area contributed by atoms with Crippen molar-refractivity contribution in [3.63, 3.8) is 0 Å². The van der Waals surface area contributed by atoms with Crippen molar-refractivity contribution in [2.24, 2.45) is 0 Å². The molecule has 1 unspecified atom stereocenters. The second kappa shape index (κ2) is 9.95. The zero-order chi connectivity index (χ0) is 23.4. The summed E-state index contributed by atoms with van der Waals surface area (Å²) < 4.78 is 12.4. The minimum atomic E-state index is -0.320. The van der Waals surface area contributed by atoms with Gasteiger partial charge in [0.05, 0.1) is 31.6 Å². The molecule has 3 heterocycles. The molecule has 0 aliphatic carbocycles. The predicted molar refractivity (Wildman–Crippen MR) is 123 cm³/mol. The van der Waals surface area contributed by atoms with E-state index in [1.807, 2.05) is 37.3 Å². The van der Waals surface area contributed by atoms with Crippen molar-refractivity contribution in [3.8, 4) is 5.75 Å². The van der Waals surface area contributed by atoms with Crippen molar-refractivity contribution < 1.29 is 14.3 Å². The highest BCUT2D eigenvalue weighted by molar-refractivity contribution is 5.76. The van der Waals surface area contributed by atoms with Gasteiger partial charge in [-0.3, -0.25) is 14.6 Å². The SMILES string of the molecule is COc1ccc(Cc2cc(C)nc(C3CN(C(=O)Cn4nc(C)ccc4=O)CCO3)c2)cc1. The smallest absolute Gasteiger partial charge is 0.267 e. The van der Waals surface area contributed by atoms with Gasteiger partial charge < -0.3 is 14.4 Å². The zero-order valence-electron chi connectivity index (χ0n) is 19.2. The molecule has 1 amide bonds. The number of carbonyl (C=O) groups excluding carboxylic acids is 1. The van der Waals surface area contributed by atoms with Gasteiger partial charge in [0.25, 0.3) is 5.56 Å². The van der Waals surface area contributed by atoms with Crippen LogP contribution < -0.4 is 10.3 Å². The molecule has 0 spiro atoms. The summed E-state index contributed by atoms with van der Waals surface area (Å²) in [7, 11) is 1.65. The first kappa shape index (κ1) is 22.7. The summed E-state index contributed by atoms with van der Waals surface area (Å²) in [6.07, 6.45) is 0.442. The largest absolute Gasteiger partial charge is 0.497 e. The third-order valence-electron chi connectivity index (χ3n) is 5.63. The Labute approximate surface area is 192 Å². The number of methoxy groups -OCH3 is 1. The van der Waals surface area contributed by atoms with Crippen LogP contribution >= 0.6 is 0 Å². The topological polar surface area (TPSA) is 86.5 Å². The van der Waals surface area contributed by atoms with E-state index in [1.54, 1.807) is 25.0 Å². The Morgan fingerprint density at radius 1 is 1.09 bits per heavy atom. The number of aryl methyl sites for hydroxylation is 2. The Kier molecular flexibility index (Phi) is 6.84. The van der Waals surface area contributed by atoms with Gasteiger partial charge in [0.2, 0.25) is 5.91 Å². The highest BCUT2D eigenvalue weighted by Crippen LogP contribution is 2.24. The number of benzene rings is 1. The molecule has 172 valence electrons. The Morgan fingerprint density at radius 3 is 2.64 bits per heavy atom. The number of aromatic nitrogens is 3. The molecule has 0 saturated carbocycles. The summed E-state index contributed by atoms with van der Waals surface area (Å²) in [5.74, 6) is 0.670. The van der Waals surface area contributed by atoms with Crippen LogP contribution in [-0.2, 0) is 22.5 Å². The third-order valence-corrected chi connectivity index (χ3v) is 5.63. The molecule has 0 bridgehead atoms. The molecular weight excluding hydrogens is 420 g/mol. The maximum absolute atomic E-state index is 12.9. The fourth-order valence-electron chi connectivity index (χ4n) is 3.96. The molecule has 1 aliphatic heterocycles. The van der Waals surface area contributed by atoms with E-state index in [-0.39, 0.29) is 24.1 Å².